The van der Waals surface area contributed by atoms with E-state index in [9.17, 15) is 28.8 Å². The quantitative estimate of drug-likeness (QED) is 0.0222. The van der Waals surface area contributed by atoms with E-state index in [2.05, 4.69) is 67.7 Å². The summed E-state index contributed by atoms with van der Waals surface area (Å²) in [6, 6.07) is 36.5. The molecule has 9 rings (SSSR count). The average Bonchev–Trinajstić information content (AvgIpc) is 4.40. The van der Waals surface area contributed by atoms with Crippen molar-refractivity contribution in [3.63, 3.8) is 0 Å². The van der Waals surface area contributed by atoms with Crippen molar-refractivity contribution in [3.8, 4) is 0 Å². The minimum absolute atomic E-state index is 0.0343. The van der Waals surface area contributed by atoms with E-state index in [1.165, 1.54) is 19.3 Å². The summed E-state index contributed by atoms with van der Waals surface area (Å²) in [7, 11) is 0. The molecule has 6 amide bonds. The molecule has 15 heteroatoms. The van der Waals surface area contributed by atoms with E-state index in [1.807, 2.05) is 54.6 Å². The van der Waals surface area contributed by atoms with Gasteiger partial charge in [-0.1, -0.05) is 147 Å². The van der Waals surface area contributed by atoms with Crippen LogP contribution in [0.5, 0.6) is 0 Å². The molecule has 4 aromatic carbocycles. The fraction of sp³-hybridized carbons (Fsp3) is 0.492. The van der Waals surface area contributed by atoms with Gasteiger partial charge in [0, 0.05) is 91.2 Å². The number of hydrogen-bond acceptors (Lipinski definition) is 7. The Bertz CT molecular complexity index is 2550. The van der Waals surface area contributed by atoms with Crippen molar-refractivity contribution < 1.29 is 28.8 Å². The molecular formula is C59H71N9O6. The lowest BCUT2D eigenvalue weighted by Crippen LogP contribution is -2.43. The molecule has 2 aliphatic heterocycles. The topological polar surface area (TPSA) is 206 Å². The first kappa shape index (κ1) is 51.9. The van der Waals surface area contributed by atoms with Crippen LogP contribution in [0.3, 0.4) is 0 Å². The van der Waals surface area contributed by atoms with Gasteiger partial charge >= 0.3 is 0 Å². The Labute approximate surface area is 434 Å². The van der Waals surface area contributed by atoms with Crippen molar-refractivity contribution in [1.29, 1.82) is 0 Å². The number of benzene rings is 4. The molecular weight excluding hydrogens is 931 g/mol. The summed E-state index contributed by atoms with van der Waals surface area (Å²) >= 11 is 0. The maximum Gasteiger partial charge on any atom is 0.253 e. The summed E-state index contributed by atoms with van der Waals surface area (Å²) in [4.78, 5) is 90.2. The van der Waals surface area contributed by atoms with Crippen molar-refractivity contribution in [3.05, 3.63) is 154 Å². The minimum Gasteiger partial charge on any atom is -0.356 e. The molecule has 10 atom stereocenters. The van der Waals surface area contributed by atoms with Gasteiger partial charge in [-0.3, -0.25) is 28.8 Å². The first-order chi connectivity index (χ1) is 36.2. The van der Waals surface area contributed by atoms with E-state index in [4.69, 9.17) is 5.53 Å². The molecule has 74 heavy (non-hydrogen) atoms. The van der Waals surface area contributed by atoms with E-state index in [-0.39, 0.29) is 97.5 Å². The Morgan fingerprint density at radius 2 is 0.770 bits per heavy atom. The third kappa shape index (κ3) is 13.4. The van der Waals surface area contributed by atoms with Gasteiger partial charge in [0.05, 0.1) is 23.7 Å². The zero-order chi connectivity index (χ0) is 51.4. The van der Waals surface area contributed by atoms with Crippen LogP contribution in [0.25, 0.3) is 10.4 Å². The van der Waals surface area contributed by atoms with Gasteiger partial charge in [-0.15, -0.1) is 0 Å². The summed E-state index contributed by atoms with van der Waals surface area (Å²) in [5.41, 5.74) is 12.5. The molecule has 4 aromatic rings. The van der Waals surface area contributed by atoms with E-state index >= 15 is 0 Å². The number of carbonyl (C=O) groups is 6. The summed E-state index contributed by atoms with van der Waals surface area (Å²) in [5.74, 6) is -3.90. The van der Waals surface area contributed by atoms with Crippen molar-refractivity contribution >= 4 is 35.4 Å². The molecule has 5 fully saturated rings. The Hall–Kier alpha value is -6.99. The highest BCUT2D eigenvalue weighted by molar-refractivity contribution is 6.00. The number of carbonyl (C=O) groups excluding carboxylic acids is 6. The standard InChI is InChI=1S/C59H71N9O6/c60-66-62-31-19-8-6-4-2-1-3-5-7-18-30-61-54(69)47-35-67(36-48(47)55(70)63-51-32-44(51)39-20-12-9-13-21-39)58(73)42-26-28-43(29-27-42)59(74)68-37-49(56(71)64-52-33-45(52)40-22-14-10-15-23-40)50(38-68)57(72)65-53-34-46(53)41-24-16-11-17-25-41/h9-17,20-29,44-53H,1-8,18-19,30-38H2,(H,61,69)(H,63,70)(H,64,71)(H,65,72)/t44-,45-,46-,47-,48-,49-,50-,51+,52+,53+/m1/s1. The molecule has 2 saturated heterocycles. The number of azide groups is 1. The highest BCUT2D eigenvalue weighted by Crippen LogP contribution is 2.44. The SMILES string of the molecule is [N-]=[N+]=NCCCCCCCCCCCCNC(=O)[C@@H]1CN(C(=O)c2ccc(C(=O)N3C[C@@H](C(=O)N[C@H]4C[C@@H]4c4ccccc4)[C@H](C(=O)N[C@H]4C[C@@H]4c4ccccc4)C3)cc2)C[C@H]1C(=O)N[C@H]1C[C@@H]1c1ccccc1. The van der Waals surface area contributed by atoms with Crippen LogP contribution < -0.4 is 21.3 Å². The third-order valence-electron chi connectivity index (χ3n) is 16.0. The van der Waals surface area contributed by atoms with Crippen LogP contribution >= 0.6 is 0 Å². The van der Waals surface area contributed by atoms with Gasteiger partial charge in [0.25, 0.3) is 11.8 Å². The summed E-state index contributed by atoms with van der Waals surface area (Å²) < 4.78 is 0. The first-order valence-corrected chi connectivity index (χ1v) is 27.2. The lowest BCUT2D eigenvalue weighted by atomic mass is 9.94. The monoisotopic (exact) mass is 1000 g/mol. The van der Waals surface area contributed by atoms with E-state index in [0.717, 1.165) is 80.9 Å². The fourth-order valence-corrected chi connectivity index (χ4v) is 11.4. The summed E-state index contributed by atoms with van der Waals surface area (Å²) in [6.45, 7) is 1.39. The van der Waals surface area contributed by atoms with Crippen LogP contribution in [0.2, 0.25) is 0 Å². The Morgan fingerprint density at radius 3 is 1.12 bits per heavy atom. The largest absolute Gasteiger partial charge is 0.356 e. The van der Waals surface area contributed by atoms with Gasteiger partial charge in [0.15, 0.2) is 0 Å². The van der Waals surface area contributed by atoms with Crippen molar-refractivity contribution in [2.45, 2.75) is 119 Å². The normalized spacial score (nSPS) is 25.3. The predicted molar refractivity (Wildman–Crippen MR) is 283 cm³/mol. The number of hydrogen-bond donors (Lipinski definition) is 4. The molecule has 0 radical (unpaired) electrons. The van der Waals surface area contributed by atoms with Gasteiger partial charge < -0.3 is 31.1 Å². The van der Waals surface area contributed by atoms with E-state index in [0.29, 0.717) is 24.2 Å². The van der Waals surface area contributed by atoms with Gasteiger partial charge in [-0.25, -0.2) is 0 Å². The maximum atomic E-state index is 14.2. The van der Waals surface area contributed by atoms with Crippen LogP contribution in [-0.4, -0.2) is 103 Å². The molecule has 15 nitrogen and oxygen atoms in total. The molecule has 0 spiro atoms. The molecule has 3 saturated carbocycles. The van der Waals surface area contributed by atoms with Crippen LogP contribution in [0, 0.1) is 23.7 Å². The van der Waals surface area contributed by atoms with E-state index in [1.54, 1.807) is 34.1 Å². The Kier molecular flexibility index (Phi) is 17.4. The van der Waals surface area contributed by atoms with Crippen molar-refractivity contribution in [2.75, 3.05) is 39.3 Å². The number of amides is 6. The second-order valence-electron chi connectivity index (χ2n) is 21.3. The van der Waals surface area contributed by atoms with Crippen LogP contribution in [0.15, 0.2) is 120 Å². The number of nitrogens with one attached hydrogen (secondary N) is 4. The number of likely N-dealkylation sites (tertiary alicyclic amines) is 2. The second kappa shape index (κ2) is 24.8. The molecule has 2 heterocycles. The Morgan fingerprint density at radius 1 is 0.446 bits per heavy atom. The van der Waals surface area contributed by atoms with Crippen molar-refractivity contribution in [1.82, 2.24) is 31.1 Å². The lowest BCUT2D eigenvalue weighted by Gasteiger charge is -2.18. The van der Waals surface area contributed by atoms with Gasteiger partial charge in [-0.05, 0) is 78.6 Å². The molecule has 0 unspecified atom stereocenters. The zero-order valence-corrected chi connectivity index (χ0v) is 42.4. The fourth-order valence-electron chi connectivity index (χ4n) is 11.4. The highest BCUT2D eigenvalue weighted by Gasteiger charge is 2.50. The average molecular weight is 1000 g/mol. The molecule has 3 aliphatic carbocycles. The van der Waals surface area contributed by atoms with Crippen LogP contribution in [0.1, 0.15) is 139 Å². The van der Waals surface area contributed by atoms with Gasteiger partial charge in [0.2, 0.25) is 23.6 Å². The summed E-state index contributed by atoms with van der Waals surface area (Å²) in [6.07, 6.45) is 13.2. The Balaban J connectivity index is 0.797. The molecule has 5 aliphatic rings. The number of rotatable bonds is 25. The smallest absolute Gasteiger partial charge is 0.253 e. The van der Waals surface area contributed by atoms with Gasteiger partial charge in [-0.2, -0.15) is 0 Å². The molecule has 0 bridgehead atoms. The number of nitrogens with zero attached hydrogens (tertiary/aromatic N) is 5. The second-order valence-corrected chi connectivity index (χ2v) is 21.3. The highest BCUT2D eigenvalue weighted by atomic mass is 16.2. The van der Waals surface area contributed by atoms with E-state index < -0.39 is 23.7 Å². The van der Waals surface area contributed by atoms with Crippen LogP contribution in [-0.2, 0) is 19.2 Å². The molecule has 4 N–H and O–H groups in total. The predicted octanol–water partition coefficient (Wildman–Crippen LogP) is 8.41. The lowest BCUT2D eigenvalue weighted by molar-refractivity contribution is -0.133. The maximum absolute atomic E-state index is 14.2. The minimum atomic E-state index is -0.736. The summed E-state index contributed by atoms with van der Waals surface area (Å²) in [5, 5.41) is 16.2. The van der Waals surface area contributed by atoms with Crippen LogP contribution in [0.4, 0.5) is 0 Å². The molecule has 0 aromatic heterocycles. The zero-order valence-electron chi connectivity index (χ0n) is 42.4. The van der Waals surface area contributed by atoms with Gasteiger partial charge in [0.1, 0.15) is 0 Å². The number of unbranched alkanes of at least 4 members (excludes halogenated alkanes) is 9. The molecule has 388 valence electrons. The van der Waals surface area contributed by atoms with Crippen molar-refractivity contribution in [2.24, 2.45) is 28.8 Å². The first-order valence-electron chi connectivity index (χ1n) is 27.2. The third-order valence-corrected chi connectivity index (χ3v) is 16.0.